The van der Waals surface area contributed by atoms with Crippen LogP contribution in [-0.2, 0) is 26.2 Å². The number of rotatable bonds is 11. The average molecular weight is 525 g/mol. The second-order valence-corrected chi connectivity index (χ2v) is 9.78. The number of anilines is 1. The molecule has 0 bridgehead atoms. The number of nitrogens with one attached hydrogen (secondary N) is 2. The molecule has 37 heavy (non-hydrogen) atoms. The maximum absolute atomic E-state index is 13.4. The highest BCUT2D eigenvalue weighted by molar-refractivity contribution is 7.89. The zero-order valence-electron chi connectivity index (χ0n) is 20.7. The van der Waals surface area contributed by atoms with Gasteiger partial charge >= 0.3 is 0 Å². The van der Waals surface area contributed by atoms with E-state index in [0.29, 0.717) is 28.3 Å². The van der Waals surface area contributed by atoms with Crippen LogP contribution >= 0.6 is 0 Å². The molecule has 3 aromatic rings. The molecule has 0 saturated carbocycles. The van der Waals surface area contributed by atoms with Gasteiger partial charge in [-0.1, -0.05) is 36.4 Å². The van der Waals surface area contributed by atoms with Crippen molar-refractivity contribution in [2.45, 2.75) is 18.4 Å². The summed E-state index contributed by atoms with van der Waals surface area (Å²) in [7, 11) is -1.07. The lowest BCUT2D eigenvalue weighted by Gasteiger charge is -2.21. The Morgan fingerprint density at radius 2 is 1.65 bits per heavy atom. The number of carbonyl (C=O) groups is 2. The Morgan fingerprint density at radius 1 is 0.946 bits per heavy atom. The molecule has 0 aliphatic carbocycles. The summed E-state index contributed by atoms with van der Waals surface area (Å²) >= 11 is 0. The second-order valence-electron chi connectivity index (χ2n) is 7.84. The van der Waals surface area contributed by atoms with Crippen LogP contribution in [0.3, 0.4) is 0 Å². The first-order valence-corrected chi connectivity index (χ1v) is 12.6. The summed E-state index contributed by atoms with van der Waals surface area (Å²) in [6.07, 6.45) is 1.38. The van der Waals surface area contributed by atoms with Gasteiger partial charge in [0.2, 0.25) is 15.9 Å². The van der Waals surface area contributed by atoms with Gasteiger partial charge in [0.25, 0.3) is 5.91 Å². The number of para-hydroxylation sites is 1. The first kappa shape index (κ1) is 27.4. The first-order valence-electron chi connectivity index (χ1n) is 11.2. The third-order valence-electron chi connectivity index (χ3n) is 5.16. The summed E-state index contributed by atoms with van der Waals surface area (Å²) in [4.78, 5) is 24.0. The van der Waals surface area contributed by atoms with Crippen LogP contribution in [0.5, 0.6) is 11.5 Å². The molecule has 0 aliphatic rings. The fraction of sp³-hybridized carbons (Fsp3) is 0.192. The molecule has 3 rings (SSSR count). The molecule has 0 unspecified atom stereocenters. The monoisotopic (exact) mass is 524 g/mol. The molecular formula is C26H28N4O6S. The minimum atomic E-state index is -4.07. The summed E-state index contributed by atoms with van der Waals surface area (Å²) in [5, 5.41) is 6.55. The van der Waals surface area contributed by atoms with Crippen molar-refractivity contribution >= 4 is 33.7 Å². The molecule has 0 radical (unpaired) electrons. The number of methoxy groups -OCH3 is 2. The van der Waals surface area contributed by atoms with E-state index in [2.05, 4.69) is 15.8 Å². The van der Waals surface area contributed by atoms with Crippen LogP contribution in [0.1, 0.15) is 18.1 Å². The Kier molecular flexibility index (Phi) is 9.36. The fourth-order valence-electron chi connectivity index (χ4n) is 3.46. The van der Waals surface area contributed by atoms with Gasteiger partial charge in [0.15, 0.2) is 11.5 Å². The van der Waals surface area contributed by atoms with Gasteiger partial charge in [0.05, 0.1) is 31.9 Å². The van der Waals surface area contributed by atoms with E-state index < -0.39 is 22.5 Å². The number of carbonyl (C=O) groups excluding carboxylic acids is 2. The second kappa shape index (κ2) is 12.7. The van der Waals surface area contributed by atoms with E-state index in [9.17, 15) is 18.0 Å². The lowest BCUT2D eigenvalue weighted by atomic mass is 10.2. The van der Waals surface area contributed by atoms with Crippen LogP contribution in [0.25, 0.3) is 0 Å². The van der Waals surface area contributed by atoms with Crippen LogP contribution in [0.4, 0.5) is 5.69 Å². The van der Waals surface area contributed by atoms with Gasteiger partial charge in [0, 0.05) is 24.7 Å². The van der Waals surface area contributed by atoms with Gasteiger partial charge in [0.1, 0.15) is 0 Å². The summed E-state index contributed by atoms with van der Waals surface area (Å²) in [6, 6.07) is 19.9. The van der Waals surface area contributed by atoms with Crippen molar-refractivity contribution < 1.29 is 27.5 Å². The molecule has 0 spiro atoms. The third-order valence-corrected chi connectivity index (χ3v) is 6.97. The van der Waals surface area contributed by atoms with E-state index in [4.69, 9.17) is 9.47 Å². The van der Waals surface area contributed by atoms with E-state index in [1.807, 2.05) is 6.07 Å². The minimum Gasteiger partial charge on any atom is -0.493 e. The normalized spacial score (nSPS) is 11.4. The van der Waals surface area contributed by atoms with E-state index >= 15 is 0 Å². The minimum absolute atomic E-state index is 0.0186. The first-order chi connectivity index (χ1) is 17.7. The predicted octanol–water partition coefficient (Wildman–Crippen LogP) is 3.00. The number of amides is 2. The highest BCUT2D eigenvalue weighted by Crippen LogP contribution is 2.29. The molecule has 0 aliphatic heterocycles. The van der Waals surface area contributed by atoms with Crippen molar-refractivity contribution in [3.05, 3.63) is 83.9 Å². The van der Waals surface area contributed by atoms with Gasteiger partial charge in [-0.2, -0.15) is 9.41 Å². The summed E-state index contributed by atoms with van der Waals surface area (Å²) < 4.78 is 38.5. The van der Waals surface area contributed by atoms with Gasteiger partial charge in [-0.3, -0.25) is 9.59 Å². The van der Waals surface area contributed by atoms with Gasteiger partial charge < -0.3 is 14.8 Å². The topological polar surface area (TPSA) is 126 Å². The SMILES string of the molecule is COc1cccc(/C=N\NC(=O)CN(Cc2ccccc2)S(=O)(=O)c2ccc(NC(C)=O)cc2)c1OC. The Bertz CT molecular complexity index is 1360. The molecule has 0 aromatic heterocycles. The lowest BCUT2D eigenvalue weighted by molar-refractivity contribution is -0.121. The Labute approximate surface area is 216 Å². The summed E-state index contributed by atoms with van der Waals surface area (Å²) in [6.45, 7) is 0.854. The van der Waals surface area contributed by atoms with Crippen molar-refractivity contribution in [3.63, 3.8) is 0 Å². The van der Waals surface area contributed by atoms with Gasteiger partial charge in [-0.15, -0.1) is 0 Å². The van der Waals surface area contributed by atoms with E-state index in [1.54, 1.807) is 42.5 Å². The lowest BCUT2D eigenvalue weighted by Crippen LogP contribution is -2.39. The Balaban J connectivity index is 1.80. The number of hydrogen-bond acceptors (Lipinski definition) is 7. The van der Waals surface area contributed by atoms with E-state index in [1.165, 1.54) is 51.6 Å². The molecule has 0 fully saturated rings. The summed E-state index contributed by atoms with van der Waals surface area (Å²) in [5.41, 5.74) is 4.10. The summed E-state index contributed by atoms with van der Waals surface area (Å²) in [5.74, 6) is 0.0407. The van der Waals surface area contributed by atoms with Crippen LogP contribution in [-0.4, -0.2) is 51.5 Å². The standard InChI is InChI=1S/C26H28N4O6S/c1-19(31)28-22-12-14-23(15-13-22)37(33,34)30(17-20-8-5-4-6-9-20)18-25(32)29-27-16-21-10-7-11-24(35-2)26(21)36-3/h4-16H,17-18H2,1-3H3,(H,28,31)(H,29,32)/b27-16-. The molecule has 2 amide bonds. The fourth-order valence-corrected chi connectivity index (χ4v) is 4.84. The number of ether oxygens (including phenoxy) is 2. The van der Waals surface area contributed by atoms with Crippen molar-refractivity contribution in [2.75, 3.05) is 26.1 Å². The quantitative estimate of drug-likeness (QED) is 0.293. The number of sulfonamides is 1. The highest BCUT2D eigenvalue weighted by Gasteiger charge is 2.27. The molecular weight excluding hydrogens is 496 g/mol. The number of nitrogens with zero attached hydrogens (tertiary/aromatic N) is 2. The van der Waals surface area contributed by atoms with Crippen molar-refractivity contribution in [3.8, 4) is 11.5 Å². The van der Waals surface area contributed by atoms with Crippen molar-refractivity contribution in [1.82, 2.24) is 9.73 Å². The zero-order chi connectivity index (χ0) is 26.8. The molecule has 194 valence electrons. The van der Waals surface area contributed by atoms with Crippen molar-refractivity contribution in [1.29, 1.82) is 0 Å². The maximum Gasteiger partial charge on any atom is 0.255 e. The largest absolute Gasteiger partial charge is 0.493 e. The van der Waals surface area contributed by atoms with Gasteiger partial charge in [-0.25, -0.2) is 13.8 Å². The molecule has 0 heterocycles. The van der Waals surface area contributed by atoms with Crippen LogP contribution in [0.2, 0.25) is 0 Å². The molecule has 10 nitrogen and oxygen atoms in total. The maximum atomic E-state index is 13.4. The van der Waals surface area contributed by atoms with Crippen molar-refractivity contribution in [2.24, 2.45) is 5.10 Å². The van der Waals surface area contributed by atoms with Crippen LogP contribution < -0.4 is 20.2 Å². The van der Waals surface area contributed by atoms with Crippen LogP contribution in [0, 0.1) is 0 Å². The number of hydrogen-bond donors (Lipinski definition) is 2. The predicted molar refractivity (Wildman–Crippen MR) is 140 cm³/mol. The van der Waals surface area contributed by atoms with E-state index in [0.717, 1.165) is 4.31 Å². The van der Waals surface area contributed by atoms with Gasteiger partial charge in [-0.05, 0) is 42.0 Å². The molecule has 0 saturated heterocycles. The zero-order valence-corrected chi connectivity index (χ0v) is 21.5. The van der Waals surface area contributed by atoms with Crippen LogP contribution in [0.15, 0.2) is 82.8 Å². The number of benzene rings is 3. The van der Waals surface area contributed by atoms with E-state index in [-0.39, 0.29) is 17.3 Å². The smallest absolute Gasteiger partial charge is 0.255 e. The third kappa shape index (κ3) is 7.38. The molecule has 0 atom stereocenters. The number of hydrazone groups is 1. The highest BCUT2D eigenvalue weighted by atomic mass is 32.2. The average Bonchev–Trinajstić information content (AvgIpc) is 2.88. The Morgan fingerprint density at radius 3 is 2.27 bits per heavy atom. The Hall–Kier alpha value is -4.22. The molecule has 11 heteroatoms. The molecule has 2 N–H and O–H groups in total. The molecule has 3 aromatic carbocycles.